The second-order valence-electron chi connectivity index (χ2n) is 12.7. The molecule has 0 aromatic heterocycles. The molecule has 4 aromatic carbocycles. The van der Waals surface area contributed by atoms with E-state index < -0.39 is 13.5 Å². The van der Waals surface area contributed by atoms with Gasteiger partial charge < -0.3 is 4.90 Å². The van der Waals surface area contributed by atoms with Gasteiger partial charge in [-0.2, -0.15) is 0 Å². The van der Waals surface area contributed by atoms with Crippen molar-refractivity contribution in [1.29, 1.82) is 0 Å². The molecule has 0 N–H and O–H groups in total. The molecule has 5 rings (SSSR count). The van der Waals surface area contributed by atoms with Gasteiger partial charge in [-0.1, -0.05) is 74.9 Å². The first-order chi connectivity index (χ1) is 21.5. The maximum atomic E-state index is 6.00. The van der Waals surface area contributed by atoms with E-state index in [0.717, 1.165) is 42.4 Å². The Labute approximate surface area is 293 Å². The van der Waals surface area contributed by atoms with Gasteiger partial charge in [0, 0.05) is 11.2 Å². The fourth-order valence-electron chi connectivity index (χ4n) is 6.50. The molecule has 0 saturated carbocycles. The molecule has 1 heterocycles. The van der Waals surface area contributed by atoms with Crippen LogP contribution < -0.4 is 4.90 Å². The standard InChI is InChI=1S/C23H30N.C16H16BrN.2ClH.Ru/c1-6-18-12-11-13-19(7-2)21(18)24-17-23(5,16-22(24,3)4)20-14-9-8-10-15-20;1-13-7-3-4-8-14(13)11-18(2)12-15-9-5-6-10-16(15)17;;;/h8-15,17H,6-7,16H2,1-5H3;1,3-10H,11-12H2,2H3;2*1H;/q-1;;;;+2/p-2. The normalized spacial score (nSPS) is 17.6. The fraction of sp³-hybridized carbons (Fsp3) is 0.333. The van der Waals surface area contributed by atoms with Gasteiger partial charge in [-0.25, -0.2) is 6.54 Å². The summed E-state index contributed by atoms with van der Waals surface area (Å²) in [7, 11) is 14.1. The Balaban J connectivity index is 0.000000207. The number of para-hydroxylation sites is 1. The Morgan fingerprint density at radius 3 is 1.91 bits per heavy atom. The first-order valence-electron chi connectivity index (χ1n) is 15.6. The molecule has 2 nitrogen and oxygen atoms in total. The molecule has 0 radical (unpaired) electrons. The molecule has 0 bridgehead atoms. The third-order valence-electron chi connectivity index (χ3n) is 8.59. The van der Waals surface area contributed by atoms with Crippen molar-refractivity contribution in [3.63, 3.8) is 0 Å². The van der Waals surface area contributed by atoms with E-state index in [1.54, 1.807) is 0 Å². The van der Waals surface area contributed by atoms with E-state index in [1.807, 2.05) is 16.7 Å². The van der Waals surface area contributed by atoms with Crippen molar-refractivity contribution in [2.24, 2.45) is 0 Å². The van der Waals surface area contributed by atoms with Crippen molar-refractivity contribution < 1.29 is 13.5 Å². The van der Waals surface area contributed by atoms with E-state index in [9.17, 15) is 0 Å². The molecular formula is C39H46BrCl2N2Ru-. The van der Waals surface area contributed by atoms with Crippen molar-refractivity contribution in [2.75, 3.05) is 11.9 Å². The van der Waals surface area contributed by atoms with Crippen LogP contribution in [0.15, 0.2) is 102 Å². The molecule has 1 unspecified atom stereocenters. The van der Waals surface area contributed by atoms with Crippen molar-refractivity contribution in [3.05, 3.63) is 141 Å². The number of nitrogens with zero attached hydrogens (tertiary/aromatic N) is 2. The van der Waals surface area contributed by atoms with Crippen LogP contribution in [-0.2, 0) is 44.9 Å². The van der Waals surface area contributed by atoms with E-state index in [-0.39, 0.29) is 11.0 Å². The van der Waals surface area contributed by atoms with E-state index in [4.69, 9.17) is 19.4 Å². The topological polar surface area (TPSA) is 6.48 Å². The molecular weight excluding hydrogens is 748 g/mol. The average Bonchev–Trinajstić information content (AvgIpc) is 3.28. The van der Waals surface area contributed by atoms with E-state index in [0.29, 0.717) is 0 Å². The second-order valence-corrected chi connectivity index (χ2v) is 19.3. The van der Waals surface area contributed by atoms with Gasteiger partial charge in [0.05, 0.1) is 0 Å². The zero-order chi connectivity index (χ0) is 32.6. The third-order valence-corrected chi connectivity index (χ3v) is 11.2. The van der Waals surface area contributed by atoms with E-state index in [1.165, 1.54) is 33.5 Å². The molecule has 242 valence electrons. The summed E-state index contributed by atoms with van der Waals surface area (Å²) in [5.74, 6) is 0. The molecule has 4 aromatic rings. The predicted octanol–water partition coefficient (Wildman–Crippen LogP) is 11.1. The molecule has 45 heavy (non-hydrogen) atoms. The van der Waals surface area contributed by atoms with Gasteiger partial charge in [0.1, 0.15) is 0 Å². The minimum absolute atomic E-state index is 0.0800. The van der Waals surface area contributed by atoms with Crippen LogP contribution in [0.5, 0.6) is 0 Å². The summed E-state index contributed by atoms with van der Waals surface area (Å²) in [6, 6.07) is 34.3. The van der Waals surface area contributed by atoms with Gasteiger partial charge in [-0.05, 0) is 44.2 Å². The van der Waals surface area contributed by atoms with Crippen LogP contribution >= 0.6 is 35.3 Å². The van der Waals surface area contributed by atoms with Gasteiger partial charge in [-0.3, -0.25) is 0 Å². The number of halogens is 3. The van der Waals surface area contributed by atoms with Crippen LogP contribution in [0.4, 0.5) is 5.69 Å². The molecule has 1 atom stereocenters. The molecule has 1 aliphatic rings. The Morgan fingerprint density at radius 2 is 1.31 bits per heavy atom. The van der Waals surface area contributed by atoms with E-state index in [2.05, 4.69) is 159 Å². The Hall–Kier alpha value is -1.81. The SMILES string of the molecule is CCc1cccc(CC)c1N1[CH-]C(C)(c2ccccc2)CC1(C)C.CN(Cc1ccccc1Br)Cc1ccccc1[CH]=[Ru]([Cl])[Cl]. The Kier molecular flexibility index (Phi) is 13.1. The predicted molar refractivity (Wildman–Crippen MR) is 197 cm³/mol. The van der Waals surface area contributed by atoms with E-state index >= 15 is 0 Å². The maximum absolute atomic E-state index is 6.00. The monoisotopic (exact) mass is 793 g/mol. The quantitative estimate of drug-likeness (QED) is 0.123. The Bertz CT molecular complexity index is 1560. The average molecular weight is 795 g/mol. The second kappa shape index (κ2) is 16.3. The van der Waals surface area contributed by atoms with Crippen molar-refractivity contribution in [3.8, 4) is 0 Å². The van der Waals surface area contributed by atoms with Crippen LogP contribution in [-0.4, -0.2) is 22.1 Å². The van der Waals surface area contributed by atoms with Gasteiger partial charge >= 0.3 is 148 Å². The Morgan fingerprint density at radius 1 is 0.778 bits per heavy atom. The van der Waals surface area contributed by atoms with Crippen LogP contribution in [0.1, 0.15) is 74.4 Å². The number of rotatable bonds is 9. The third kappa shape index (κ3) is 9.39. The van der Waals surface area contributed by atoms with Gasteiger partial charge in [0.2, 0.25) is 0 Å². The summed E-state index contributed by atoms with van der Waals surface area (Å²) in [5.41, 5.74) is 9.64. The summed E-state index contributed by atoms with van der Waals surface area (Å²) >= 11 is 1.80. The van der Waals surface area contributed by atoms with Crippen LogP contribution in [0.25, 0.3) is 0 Å². The molecule has 0 amide bonds. The number of anilines is 1. The van der Waals surface area contributed by atoms with Crippen LogP contribution in [0.2, 0.25) is 0 Å². The molecule has 0 aliphatic carbocycles. The van der Waals surface area contributed by atoms with Crippen molar-refractivity contribution in [1.82, 2.24) is 4.90 Å². The molecule has 1 aliphatic heterocycles. The number of benzene rings is 4. The van der Waals surface area contributed by atoms with Gasteiger partial charge in [0.25, 0.3) is 0 Å². The van der Waals surface area contributed by atoms with Crippen molar-refractivity contribution in [2.45, 2.75) is 77.9 Å². The number of hydrogen-bond acceptors (Lipinski definition) is 2. The van der Waals surface area contributed by atoms with Gasteiger partial charge in [-0.15, -0.1) is 5.41 Å². The summed E-state index contributed by atoms with van der Waals surface area (Å²) in [4.78, 5) is 4.85. The first kappa shape index (κ1) is 36.0. The van der Waals surface area contributed by atoms with Crippen molar-refractivity contribution >= 4 is 45.6 Å². The molecule has 6 heteroatoms. The summed E-state index contributed by atoms with van der Waals surface area (Å²) < 4.78 is 3.15. The summed E-state index contributed by atoms with van der Waals surface area (Å²) in [5, 5.41) is 0. The first-order valence-corrected chi connectivity index (χ1v) is 21.9. The summed E-state index contributed by atoms with van der Waals surface area (Å²) in [6.07, 6.45) is 3.28. The molecule has 1 saturated heterocycles. The molecule has 1 fully saturated rings. The minimum atomic E-state index is -1.79. The molecule has 0 spiro atoms. The zero-order valence-corrected chi connectivity index (χ0v) is 32.1. The summed E-state index contributed by atoms with van der Waals surface area (Å²) in [6.45, 7) is 15.9. The van der Waals surface area contributed by atoms with Crippen LogP contribution in [0, 0.1) is 6.54 Å². The zero-order valence-electron chi connectivity index (χ0n) is 27.3. The fourth-order valence-corrected chi connectivity index (χ4v) is 8.79. The van der Waals surface area contributed by atoms with Gasteiger partial charge in [0.15, 0.2) is 0 Å². The number of aryl methyl sites for hydroxylation is 2. The number of hydrogen-bond donors (Lipinski definition) is 0. The van der Waals surface area contributed by atoms with Crippen LogP contribution in [0.3, 0.4) is 0 Å².